The molecule has 1 fully saturated rings. The molecular formula is C11H11N3O3. The highest BCUT2D eigenvalue weighted by Crippen LogP contribution is 2.28. The monoisotopic (exact) mass is 233 g/mol. The third-order valence-corrected chi connectivity index (χ3v) is 2.74. The Kier molecular flexibility index (Phi) is 2.60. The zero-order chi connectivity index (χ0) is 12.5. The van der Waals surface area contributed by atoms with Gasteiger partial charge in [0.15, 0.2) is 5.54 Å². The molecule has 1 saturated heterocycles. The molecule has 1 aliphatic rings. The number of carbonyl (C=O) groups is 2. The summed E-state index contributed by atoms with van der Waals surface area (Å²) in [5.41, 5.74) is -1.17. The molecular weight excluding hydrogens is 222 g/mol. The van der Waals surface area contributed by atoms with Crippen LogP contribution in [0.3, 0.4) is 0 Å². The predicted molar refractivity (Wildman–Crippen MR) is 56.5 cm³/mol. The van der Waals surface area contributed by atoms with Gasteiger partial charge in [-0.3, -0.25) is 9.69 Å². The second kappa shape index (κ2) is 3.94. The number of rotatable bonds is 3. The van der Waals surface area contributed by atoms with Crippen molar-refractivity contribution in [3.63, 3.8) is 0 Å². The summed E-state index contributed by atoms with van der Waals surface area (Å²) in [5, 5.41) is 11.1. The van der Waals surface area contributed by atoms with E-state index in [0.717, 1.165) is 4.90 Å². The number of urea groups is 1. The van der Waals surface area contributed by atoms with E-state index in [1.54, 1.807) is 19.1 Å². The Balaban J connectivity index is 2.27. The van der Waals surface area contributed by atoms with Gasteiger partial charge < -0.3 is 9.73 Å². The number of hydrogen-bond donors (Lipinski definition) is 1. The van der Waals surface area contributed by atoms with E-state index < -0.39 is 17.5 Å². The van der Waals surface area contributed by atoms with Crippen molar-refractivity contribution < 1.29 is 14.0 Å². The Morgan fingerprint density at radius 3 is 2.94 bits per heavy atom. The summed E-state index contributed by atoms with van der Waals surface area (Å²) in [6.07, 6.45) is 1.56. The van der Waals surface area contributed by atoms with Crippen LogP contribution in [0.25, 0.3) is 0 Å². The molecule has 1 N–H and O–H groups in total. The summed E-state index contributed by atoms with van der Waals surface area (Å²) in [7, 11) is 0. The average Bonchev–Trinajstić information content (AvgIpc) is 2.88. The first-order valence-corrected chi connectivity index (χ1v) is 5.14. The molecule has 1 atom stereocenters. The third kappa shape index (κ3) is 1.65. The Morgan fingerprint density at radius 2 is 2.35 bits per heavy atom. The van der Waals surface area contributed by atoms with Gasteiger partial charge in [-0.2, -0.15) is 5.26 Å². The predicted octanol–water partition coefficient (Wildman–Crippen LogP) is 0.960. The van der Waals surface area contributed by atoms with Crippen LogP contribution in [0.1, 0.15) is 19.1 Å². The number of nitriles is 1. The van der Waals surface area contributed by atoms with Crippen LogP contribution in [0.5, 0.6) is 0 Å². The summed E-state index contributed by atoms with van der Waals surface area (Å²) in [6, 6.07) is 4.69. The molecule has 6 heteroatoms. The van der Waals surface area contributed by atoms with E-state index in [1.165, 1.54) is 6.26 Å². The number of carbonyl (C=O) groups excluding carboxylic acids is 2. The van der Waals surface area contributed by atoms with E-state index in [9.17, 15) is 9.59 Å². The summed E-state index contributed by atoms with van der Waals surface area (Å²) in [6.45, 7) is 1.68. The fraction of sp³-hybridized carbons (Fsp3) is 0.364. The van der Waals surface area contributed by atoms with Crippen molar-refractivity contribution in [2.45, 2.75) is 18.9 Å². The Labute approximate surface area is 97.8 Å². The lowest BCUT2D eigenvalue weighted by molar-refractivity contribution is -0.131. The number of furan rings is 1. The first-order valence-electron chi connectivity index (χ1n) is 5.14. The van der Waals surface area contributed by atoms with Gasteiger partial charge in [0, 0.05) is 6.54 Å². The van der Waals surface area contributed by atoms with E-state index in [4.69, 9.17) is 9.68 Å². The van der Waals surface area contributed by atoms with Gasteiger partial charge in [-0.1, -0.05) is 0 Å². The Bertz CT molecular complexity index is 489. The topological polar surface area (TPSA) is 86.3 Å². The van der Waals surface area contributed by atoms with Crippen molar-refractivity contribution >= 4 is 11.9 Å². The highest BCUT2D eigenvalue weighted by Gasteiger charge is 2.50. The normalized spacial score (nSPS) is 23.6. The maximum absolute atomic E-state index is 12.1. The Hall–Kier alpha value is -2.29. The SMILES string of the molecule is CC1(c2ccco2)NC(=O)N(CCC#N)C1=O. The third-order valence-electron chi connectivity index (χ3n) is 2.74. The van der Waals surface area contributed by atoms with Crippen LogP contribution in [-0.2, 0) is 10.3 Å². The molecule has 17 heavy (non-hydrogen) atoms. The molecule has 0 bridgehead atoms. The minimum atomic E-state index is -1.17. The van der Waals surface area contributed by atoms with Crippen molar-refractivity contribution in [3.8, 4) is 6.07 Å². The molecule has 1 aromatic rings. The minimum absolute atomic E-state index is 0.0947. The molecule has 1 unspecified atom stereocenters. The molecule has 1 aliphatic heterocycles. The first-order chi connectivity index (χ1) is 8.09. The van der Waals surface area contributed by atoms with Crippen molar-refractivity contribution in [2.24, 2.45) is 0 Å². The van der Waals surface area contributed by atoms with Gasteiger partial charge in [0.1, 0.15) is 5.76 Å². The van der Waals surface area contributed by atoms with Crippen LogP contribution in [0, 0.1) is 11.3 Å². The molecule has 0 radical (unpaired) electrons. The lowest BCUT2D eigenvalue weighted by atomic mass is 9.99. The van der Waals surface area contributed by atoms with E-state index in [2.05, 4.69) is 5.32 Å². The van der Waals surface area contributed by atoms with Gasteiger partial charge in [0.2, 0.25) is 0 Å². The highest BCUT2D eigenvalue weighted by atomic mass is 16.3. The number of imide groups is 1. The van der Waals surface area contributed by atoms with E-state index in [0.29, 0.717) is 5.76 Å². The number of amides is 3. The van der Waals surface area contributed by atoms with Gasteiger partial charge >= 0.3 is 6.03 Å². The van der Waals surface area contributed by atoms with Crippen molar-refractivity contribution in [1.82, 2.24) is 10.2 Å². The van der Waals surface area contributed by atoms with Gasteiger partial charge in [-0.15, -0.1) is 0 Å². The van der Waals surface area contributed by atoms with Crippen LogP contribution in [0.15, 0.2) is 22.8 Å². The zero-order valence-corrected chi connectivity index (χ0v) is 9.27. The second-order valence-electron chi connectivity index (χ2n) is 3.90. The fourth-order valence-corrected chi connectivity index (χ4v) is 1.79. The molecule has 2 rings (SSSR count). The average molecular weight is 233 g/mol. The second-order valence-corrected chi connectivity index (χ2v) is 3.90. The quantitative estimate of drug-likeness (QED) is 0.788. The molecule has 1 aromatic heterocycles. The molecule has 2 heterocycles. The van der Waals surface area contributed by atoms with Crippen LogP contribution in [0.2, 0.25) is 0 Å². The molecule has 0 aliphatic carbocycles. The highest BCUT2D eigenvalue weighted by molar-refractivity contribution is 6.06. The van der Waals surface area contributed by atoms with E-state index in [-0.39, 0.29) is 13.0 Å². The number of hydrogen-bond acceptors (Lipinski definition) is 4. The lowest BCUT2D eigenvalue weighted by Crippen LogP contribution is -2.40. The van der Waals surface area contributed by atoms with Crippen molar-refractivity contribution in [2.75, 3.05) is 6.54 Å². The lowest BCUT2D eigenvalue weighted by Gasteiger charge is -2.18. The molecule has 0 saturated carbocycles. The van der Waals surface area contributed by atoms with Gasteiger partial charge in [-0.25, -0.2) is 4.79 Å². The molecule has 6 nitrogen and oxygen atoms in total. The molecule has 0 spiro atoms. The smallest absolute Gasteiger partial charge is 0.325 e. The first kappa shape index (κ1) is 11.2. The fourth-order valence-electron chi connectivity index (χ4n) is 1.79. The Morgan fingerprint density at radius 1 is 1.59 bits per heavy atom. The number of nitrogens with zero attached hydrogens (tertiary/aromatic N) is 2. The van der Waals surface area contributed by atoms with Crippen LogP contribution >= 0.6 is 0 Å². The van der Waals surface area contributed by atoms with Crippen LogP contribution in [0.4, 0.5) is 4.79 Å². The summed E-state index contributed by atoms with van der Waals surface area (Å²) in [4.78, 5) is 24.8. The van der Waals surface area contributed by atoms with Crippen LogP contribution < -0.4 is 5.32 Å². The largest absolute Gasteiger partial charge is 0.466 e. The summed E-state index contributed by atoms with van der Waals surface area (Å²) >= 11 is 0. The summed E-state index contributed by atoms with van der Waals surface area (Å²) in [5.74, 6) is -0.0111. The zero-order valence-electron chi connectivity index (χ0n) is 9.27. The van der Waals surface area contributed by atoms with Crippen LogP contribution in [-0.4, -0.2) is 23.4 Å². The standard InChI is InChI=1S/C11H11N3O3/c1-11(8-4-2-7-17-8)9(15)14(6-3-5-12)10(16)13-11/h2,4,7H,3,6H2,1H3,(H,13,16). The minimum Gasteiger partial charge on any atom is -0.466 e. The molecule has 3 amide bonds. The van der Waals surface area contributed by atoms with E-state index in [1.807, 2.05) is 6.07 Å². The van der Waals surface area contributed by atoms with Gasteiger partial charge in [0.05, 0.1) is 18.8 Å². The van der Waals surface area contributed by atoms with Gasteiger partial charge in [0.25, 0.3) is 5.91 Å². The van der Waals surface area contributed by atoms with Crippen molar-refractivity contribution in [3.05, 3.63) is 24.2 Å². The number of nitrogens with one attached hydrogen (secondary N) is 1. The van der Waals surface area contributed by atoms with Gasteiger partial charge in [-0.05, 0) is 19.1 Å². The van der Waals surface area contributed by atoms with E-state index >= 15 is 0 Å². The maximum atomic E-state index is 12.1. The van der Waals surface area contributed by atoms with Crippen molar-refractivity contribution in [1.29, 1.82) is 5.26 Å². The summed E-state index contributed by atoms with van der Waals surface area (Å²) < 4.78 is 5.16. The maximum Gasteiger partial charge on any atom is 0.325 e. The molecule has 88 valence electrons. The molecule has 0 aromatic carbocycles.